The third-order valence-corrected chi connectivity index (χ3v) is 2.29. The molecule has 0 amide bonds. The van der Waals surface area contributed by atoms with Crippen LogP contribution >= 0.6 is 11.5 Å². The Balaban J connectivity index is 2.29. The summed E-state index contributed by atoms with van der Waals surface area (Å²) in [5.41, 5.74) is 0.144. The molecule has 1 N–H and O–H groups in total. The summed E-state index contributed by atoms with van der Waals surface area (Å²) < 4.78 is 8.45. The fourth-order valence-electron chi connectivity index (χ4n) is 0.908. The van der Waals surface area contributed by atoms with Crippen LogP contribution in [-0.2, 0) is 0 Å². The van der Waals surface area contributed by atoms with Gasteiger partial charge in [0, 0.05) is 11.5 Å². The lowest BCUT2D eigenvalue weighted by Crippen LogP contribution is -1.89. The average molecular weight is 225 g/mol. The molecule has 78 valence electrons. The van der Waals surface area contributed by atoms with Crippen LogP contribution in [0.15, 0.2) is 19.5 Å². The third kappa shape index (κ3) is 1.99. The van der Waals surface area contributed by atoms with Gasteiger partial charge in [-0.1, -0.05) is 0 Å². The van der Waals surface area contributed by atoms with Crippen molar-refractivity contribution in [2.45, 2.75) is 13.8 Å². The molecule has 0 fully saturated rings. The second kappa shape index (κ2) is 3.73. The van der Waals surface area contributed by atoms with Gasteiger partial charge < -0.3 is 4.52 Å². The van der Waals surface area contributed by atoms with E-state index in [1.54, 1.807) is 13.8 Å². The highest BCUT2D eigenvalue weighted by Crippen LogP contribution is 2.18. The standard InChI is InChI=1S/C7H7N5O2S/c1-3-5(6(13)14-11-3)9-10-7-8-4(2)12-15-7/h11H,1-2H3. The Labute approximate surface area is 88.0 Å². The van der Waals surface area contributed by atoms with E-state index < -0.39 is 5.63 Å². The van der Waals surface area contributed by atoms with E-state index in [2.05, 4.69) is 29.3 Å². The van der Waals surface area contributed by atoms with Crippen molar-refractivity contribution in [1.29, 1.82) is 0 Å². The number of hydrogen-bond donors (Lipinski definition) is 1. The number of rotatable bonds is 2. The monoisotopic (exact) mass is 225 g/mol. The highest BCUT2D eigenvalue weighted by atomic mass is 32.1. The van der Waals surface area contributed by atoms with Gasteiger partial charge in [-0.15, -0.1) is 10.2 Å². The molecular weight excluding hydrogens is 218 g/mol. The summed E-state index contributed by atoms with van der Waals surface area (Å²) in [7, 11) is 0. The Morgan fingerprint density at radius 1 is 1.40 bits per heavy atom. The van der Waals surface area contributed by atoms with Crippen molar-refractivity contribution < 1.29 is 4.52 Å². The van der Waals surface area contributed by atoms with Crippen molar-refractivity contribution in [2.75, 3.05) is 0 Å². The molecule has 0 spiro atoms. The smallest absolute Gasteiger partial charge is 0.336 e. The van der Waals surface area contributed by atoms with E-state index in [-0.39, 0.29) is 5.69 Å². The first-order valence-corrected chi connectivity index (χ1v) is 4.84. The Morgan fingerprint density at radius 2 is 2.20 bits per heavy atom. The molecule has 2 heterocycles. The first-order valence-electron chi connectivity index (χ1n) is 4.07. The fraction of sp³-hybridized carbons (Fsp3) is 0.286. The van der Waals surface area contributed by atoms with Crippen LogP contribution in [0.2, 0.25) is 0 Å². The first-order chi connectivity index (χ1) is 7.16. The maximum absolute atomic E-state index is 11.1. The number of nitrogens with zero attached hydrogens (tertiary/aromatic N) is 4. The number of nitrogens with one attached hydrogen (secondary N) is 1. The second-order valence-electron chi connectivity index (χ2n) is 2.79. The number of azo groups is 1. The Hall–Kier alpha value is -1.83. The molecule has 0 bridgehead atoms. The summed E-state index contributed by atoms with van der Waals surface area (Å²) in [4.78, 5) is 15.1. The SMILES string of the molecule is Cc1nsc(N=Nc2c(C)[nH]oc2=O)n1. The minimum absolute atomic E-state index is 0.155. The first kappa shape index (κ1) is 9.71. The lowest BCUT2D eigenvalue weighted by atomic mass is 10.4. The van der Waals surface area contributed by atoms with Crippen LogP contribution in [0, 0.1) is 13.8 Å². The minimum Gasteiger partial charge on any atom is -0.336 e. The Bertz CT molecular complexity index is 552. The molecule has 0 aromatic carbocycles. The highest BCUT2D eigenvalue weighted by molar-refractivity contribution is 7.09. The van der Waals surface area contributed by atoms with Crippen LogP contribution in [-0.4, -0.2) is 14.5 Å². The predicted octanol–water partition coefficient (Wildman–Crippen LogP) is 1.85. The molecule has 2 aromatic rings. The van der Waals surface area contributed by atoms with Crippen molar-refractivity contribution in [3.63, 3.8) is 0 Å². The van der Waals surface area contributed by atoms with E-state index in [0.717, 1.165) is 11.5 Å². The van der Waals surface area contributed by atoms with Gasteiger partial charge >= 0.3 is 5.63 Å². The molecular formula is C7H7N5O2S. The number of aromatic amines is 1. The van der Waals surface area contributed by atoms with Gasteiger partial charge in [-0.05, 0) is 13.8 Å². The zero-order valence-electron chi connectivity index (χ0n) is 8.01. The van der Waals surface area contributed by atoms with E-state index in [9.17, 15) is 4.79 Å². The van der Waals surface area contributed by atoms with Crippen LogP contribution < -0.4 is 5.63 Å². The van der Waals surface area contributed by atoms with Gasteiger partial charge in [0.05, 0.1) is 5.69 Å². The van der Waals surface area contributed by atoms with Crippen molar-refractivity contribution in [3.05, 3.63) is 21.9 Å². The average Bonchev–Trinajstić information content (AvgIpc) is 2.73. The Morgan fingerprint density at radius 3 is 2.73 bits per heavy atom. The molecule has 15 heavy (non-hydrogen) atoms. The summed E-state index contributed by atoms with van der Waals surface area (Å²) in [6.45, 7) is 3.43. The number of aryl methyl sites for hydroxylation is 2. The molecule has 8 heteroatoms. The summed E-state index contributed by atoms with van der Waals surface area (Å²) in [6.07, 6.45) is 0. The zero-order valence-corrected chi connectivity index (χ0v) is 8.83. The molecule has 0 aliphatic carbocycles. The van der Waals surface area contributed by atoms with Crippen LogP contribution in [0.1, 0.15) is 11.5 Å². The van der Waals surface area contributed by atoms with Crippen LogP contribution in [0.5, 0.6) is 0 Å². The molecule has 0 radical (unpaired) electrons. The summed E-state index contributed by atoms with van der Waals surface area (Å²) in [5, 5.41) is 10.3. The number of aromatic nitrogens is 3. The van der Waals surface area contributed by atoms with Gasteiger partial charge in [0.1, 0.15) is 5.82 Å². The van der Waals surface area contributed by atoms with Gasteiger partial charge in [0.2, 0.25) is 5.13 Å². The molecule has 0 atom stereocenters. The molecule has 2 rings (SSSR count). The van der Waals surface area contributed by atoms with Crippen molar-refractivity contribution >= 4 is 22.4 Å². The second-order valence-corrected chi connectivity index (χ2v) is 3.52. The topological polar surface area (TPSA) is 96.5 Å². The maximum atomic E-state index is 11.1. The molecule has 0 saturated heterocycles. The van der Waals surface area contributed by atoms with Crippen LogP contribution in [0.25, 0.3) is 0 Å². The van der Waals surface area contributed by atoms with Gasteiger partial charge in [0.15, 0.2) is 5.69 Å². The van der Waals surface area contributed by atoms with Gasteiger partial charge in [-0.25, -0.2) is 14.9 Å². The third-order valence-electron chi connectivity index (χ3n) is 1.60. The largest absolute Gasteiger partial charge is 0.384 e. The molecule has 0 aliphatic rings. The van der Waals surface area contributed by atoms with E-state index in [1.807, 2.05) is 0 Å². The number of H-pyrrole nitrogens is 1. The van der Waals surface area contributed by atoms with E-state index in [4.69, 9.17) is 0 Å². The highest BCUT2D eigenvalue weighted by Gasteiger charge is 2.07. The van der Waals surface area contributed by atoms with Crippen molar-refractivity contribution in [2.24, 2.45) is 10.2 Å². The lowest BCUT2D eigenvalue weighted by molar-refractivity contribution is 0.388. The van der Waals surface area contributed by atoms with Gasteiger partial charge in [0.25, 0.3) is 0 Å². The predicted molar refractivity (Wildman–Crippen MR) is 52.9 cm³/mol. The zero-order chi connectivity index (χ0) is 10.8. The number of hydrogen-bond acceptors (Lipinski definition) is 7. The van der Waals surface area contributed by atoms with Crippen LogP contribution in [0.3, 0.4) is 0 Å². The van der Waals surface area contributed by atoms with E-state index >= 15 is 0 Å². The van der Waals surface area contributed by atoms with E-state index in [1.165, 1.54) is 0 Å². The quantitative estimate of drug-likeness (QED) is 0.788. The molecule has 0 saturated carbocycles. The molecule has 0 aliphatic heterocycles. The summed E-state index contributed by atoms with van der Waals surface area (Å²) >= 11 is 1.12. The summed E-state index contributed by atoms with van der Waals surface area (Å²) in [5.74, 6) is 0.631. The van der Waals surface area contributed by atoms with Crippen molar-refractivity contribution in [3.8, 4) is 0 Å². The van der Waals surface area contributed by atoms with E-state index in [0.29, 0.717) is 16.6 Å². The van der Waals surface area contributed by atoms with Crippen molar-refractivity contribution in [1.82, 2.24) is 14.5 Å². The molecule has 0 unspecified atom stereocenters. The fourth-order valence-corrected chi connectivity index (χ4v) is 1.41. The summed E-state index contributed by atoms with van der Waals surface area (Å²) in [6, 6.07) is 0. The Kier molecular flexibility index (Phi) is 2.42. The molecule has 2 aromatic heterocycles. The lowest BCUT2D eigenvalue weighted by Gasteiger charge is -1.82. The maximum Gasteiger partial charge on any atom is 0.384 e. The van der Waals surface area contributed by atoms with Gasteiger partial charge in [-0.2, -0.15) is 4.37 Å². The normalized spacial score (nSPS) is 11.3. The van der Waals surface area contributed by atoms with Gasteiger partial charge in [-0.3, -0.25) is 0 Å². The minimum atomic E-state index is -0.544. The van der Waals surface area contributed by atoms with Crippen LogP contribution in [0.4, 0.5) is 10.8 Å². The molecule has 7 nitrogen and oxygen atoms in total.